The first-order chi connectivity index (χ1) is 4.16. The molecule has 0 saturated carbocycles. The SMILES string of the molecule is [CH2][C]([CH][CH]C(C)O)OC. The summed E-state index contributed by atoms with van der Waals surface area (Å²) in [5.74, 6) is 0. The Balaban J connectivity index is 3.06. The zero-order chi connectivity index (χ0) is 7.28. The van der Waals surface area contributed by atoms with Gasteiger partial charge < -0.3 is 9.84 Å². The number of methoxy groups -OCH3 is 1. The lowest BCUT2D eigenvalue weighted by atomic mass is 10.1. The van der Waals surface area contributed by atoms with Crippen LogP contribution in [0.1, 0.15) is 6.92 Å². The van der Waals surface area contributed by atoms with Crippen LogP contribution in [0.4, 0.5) is 0 Å². The first-order valence-corrected chi connectivity index (χ1v) is 2.76. The van der Waals surface area contributed by atoms with Crippen molar-refractivity contribution in [1.29, 1.82) is 0 Å². The molecule has 1 unspecified atom stereocenters. The number of ether oxygens (including phenoxy) is 1. The molecule has 0 aliphatic carbocycles. The molecule has 0 aliphatic rings. The van der Waals surface area contributed by atoms with Crippen molar-refractivity contribution >= 4 is 0 Å². The third-order valence-electron chi connectivity index (χ3n) is 0.823. The van der Waals surface area contributed by atoms with Crippen LogP contribution in [0.2, 0.25) is 0 Å². The van der Waals surface area contributed by atoms with Gasteiger partial charge in [0, 0.05) is 13.5 Å². The summed E-state index contributed by atoms with van der Waals surface area (Å²) < 4.78 is 4.71. The molecule has 4 radical (unpaired) electrons. The van der Waals surface area contributed by atoms with Gasteiger partial charge >= 0.3 is 0 Å². The van der Waals surface area contributed by atoms with Crippen LogP contribution in [0.25, 0.3) is 0 Å². The third kappa shape index (κ3) is 5.80. The predicted octanol–water partition coefficient (Wildman–Crippen LogP) is 0.788. The van der Waals surface area contributed by atoms with E-state index in [0.717, 1.165) is 0 Å². The van der Waals surface area contributed by atoms with E-state index in [9.17, 15) is 0 Å². The van der Waals surface area contributed by atoms with Crippen LogP contribution >= 0.6 is 0 Å². The molecule has 9 heavy (non-hydrogen) atoms. The van der Waals surface area contributed by atoms with Crippen molar-refractivity contribution in [3.63, 3.8) is 0 Å². The van der Waals surface area contributed by atoms with E-state index < -0.39 is 6.10 Å². The van der Waals surface area contributed by atoms with E-state index in [1.165, 1.54) is 7.11 Å². The molecule has 2 nitrogen and oxygen atoms in total. The van der Waals surface area contributed by atoms with E-state index in [1.807, 2.05) is 0 Å². The second-order valence-electron chi connectivity index (χ2n) is 1.77. The average molecular weight is 128 g/mol. The van der Waals surface area contributed by atoms with Gasteiger partial charge in [-0.15, -0.1) is 0 Å². The van der Waals surface area contributed by atoms with Crippen LogP contribution in [0, 0.1) is 25.9 Å². The van der Waals surface area contributed by atoms with Crippen LogP contribution in [0.5, 0.6) is 0 Å². The van der Waals surface area contributed by atoms with Gasteiger partial charge in [0.25, 0.3) is 0 Å². The maximum Gasteiger partial charge on any atom is 0.101 e. The molecule has 0 rings (SSSR count). The second kappa shape index (κ2) is 4.77. The van der Waals surface area contributed by atoms with E-state index in [-0.39, 0.29) is 0 Å². The highest BCUT2D eigenvalue weighted by atomic mass is 16.5. The summed E-state index contributed by atoms with van der Waals surface area (Å²) in [5, 5.41) is 8.71. The van der Waals surface area contributed by atoms with Crippen molar-refractivity contribution in [1.82, 2.24) is 0 Å². The van der Waals surface area contributed by atoms with Gasteiger partial charge in [-0.2, -0.15) is 0 Å². The Bertz CT molecular complexity index is 61.9. The van der Waals surface area contributed by atoms with Gasteiger partial charge in [0.1, 0.15) is 6.10 Å². The van der Waals surface area contributed by atoms with E-state index in [2.05, 4.69) is 6.92 Å². The van der Waals surface area contributed by atoms with Crippen molar-refractivity contribution < 1.29 is 9.84 Å². The number of hydrogen-bond donors (Lipinski definition) is 1. The summed E-state index contributed by atoms with van der Waals surface area (Å²) in [6, 6.07) is 0. The Morgan fingerprint density at radius 3 is 2.67 bits per heavy atom. The molecule has 0 aliphatic heterocycles. The summed E-state index contributed by atoms with van der Waals surface area (Å²) in [6.45, 7) is 5.19. The topological polar surface area (TPSA) is 29.5 Å². The quantitative estimate of drug-likeness (QED) is 0.606. The summed E-state index contributed by atoms with van der Waals surface area (Å²) in [6.07, 6.45) is 3.35. The Hall–Kier alpha value is -0.0800. The van der Waals surface area contributed by atoms with E-state index in [0.29, 0.717) is 6.10 Å². The first kappa shape index (κ1) is 8.92. The summed E-state index contributed by atoms with van der Waals surface area (Å²) in [5.41, 5.74) is 0. The van der Waals surface area contributed by atoms with Gasteiger partial charge in [0.15, 0.2) is 0 Å². The Kier molecular flexibility index (Phi) is 4.72. The molecule has 2 heteroatoms. The third-order valence-corrected chi connectivity index (χ3v) is 0.823. The largest absolute Gasteiger partial charge is 0.393 e. The van der Waals surface area contributed by atoms with Gasteiger partial charge in [-0.3, -0.25) is 0 Å². The molecule has 0 amide bonds. The Morgan fingerprint density at radius 2 is 2.33 bits per heavy atom. The lowest BCUT2D eigenvalue weighted by Gasteiger charge is -2.07. The zero-order valence-corrected chi connectivity index (χ0v) is 5.79. The smallest absolute Gasteiger partial charge is 0.101 e. The highest BCUT2D eigenvalue weighted by molar-refractivity contribution is 5.07. The maximum atomic E-state index is 8.71. The molecule has 1 atom stereocenters. The van der Waals surface area contributed by atoms with Crippen LogP contribution in [0.15, 0.2) is 0 Å². The molecule has 1 N–H and O–H groups in total. The highest BCUT2D eigenvalue weighted by Crippen LogP contribution is 2.06. The van der Waals surface area contributed by atoms with Gasteiger partial charge in [-0.05, 0) is 20.3 Å². The molecular weight excluding hydrogens is 116 g/mol. The highest BCUT2D eigenvalue weighted by Gasteiger charge is 2.03. The maximum absolute atomic E-state index is 8.71. The molecular formula is C7H12O2. The standard InChI is InChI=1S/C7H12O2/c1-6(8)4-5-7(2)9-3/h4-6,8H,2H2,1,3H3. The van der Waals surface area contributed by atoms with E-state index in [1.54, 1.807) is 19.8 Å². The fourth-order valence-corrected chi connectivity index (χ4v) is 0.315. The van der Waals surface area contributed by atoms with Gasteiger partial charge in [-0.1, -0.05) is 0 Å². The lowest BCUT2D eigenvalue weighted by molar-refractivity contribution is 0.215. The fourth-order valence-electron chi connectivity index (χ4n) is 0.315. The van der Waals surface area contributed by atoms with Crippen molar-refractivity contribution in [3.05, 3.63) is 25.9 Å². The molecule has 0 bridgehead atoms. The summed E-state index contributed by atoms with van der Waals surface area (Å²) in [4.78, 5) is 0. The minimum absolute atomic E-state index is 0.433. The predicted molar refractivity (Wildman–Crippen MR) is 35.9 cm³/mol. The van der Waals surface area contributed by atoms with Crippen LogP contribution < -0.4 is 0 Å². The number of rotatable bonds is 4. The first-order valence-electron chi connectivity index (χ1n) is 2.76. The van der Waals surface area contributed by atoms with Crippen LogP contribution in [-0.2, 0) is 4.74 Å². The molecule has 0 fully saturated rings. The minimum atomic E-state index is -0.433. The molecule has 0 aromatic rings. The fraction of sp³-hybridized carbons (Fsp3) is 0.429. The zero-order valence-electron chi connectivity index (χ0n) is 5.79. The Labute approximate surface area is 56.8 Å². The van der Waals surface area contributed by atoms with Crippen molar-refractivity contribution in [2.24, 2.45) is 0 Å². The normalized spacial score (nSPS) is 14.3. The monoisotopic (exact) mass is 128 g/mol. The molecule has 0 saturated heterocycles. The molecule has 0 aromatic heterocycles. The molecule has 0 aromatic carbocycles. The Morgan fingerprint density at radius 1 is 1.78 bits per heavy atom. The van der Waals surface area contributed by atoms with Crippen LogP contribution in [0.3, 0.4) is 0 Å². The summed E-state index contributed by atoms with van der Waals surface area (Å²) >= 11 is 0. The molecule has 0 heterocycles. The van der Waals surface area contributed by atoms with Crippen molar-refractivity contribution in [3.8, 4) is 0 Å². The second-order valence-corrected chi connectivity index (χ2v) is 1.77. The van der Waals surface area contributed by atoms with Gasteiger partial charge in [0.05, 0.1) is 6.10 Å². The summed E-state index contributed by atoms with van der Waals surface area (Å²) in [7, 11) is 1.54. The average Bonchev–Trinajstić information content (AvgIpc) is 1.83. The van der Waals surface area contributed by atoms with Gasteiger partial charge in [0.2, 0.25) is 0 Å². The van der Waals surface area contributed by atoms with E-state index in [4.69, 9.17) is 9.84 Å². The molecule has 52 valence electrons. The molecule has 0 spiro atoms. The van der Waals surface area contributed by atoms with Crippen molar-refractivity contribution in [2.45, 2.75) is 13.0 Å². The number of aliphatic hydroxyl groups is 1. The number of aliphatic hydroxyl groups excluding tert-OH is 1. The van der Waals surface area contributed by atoms with E-state index >= 15 is 0 Å². The lowest BCUT2D eigenvalue weighted by Crippen LogP contribution is -2.05. The minimum Gasteiger partial charge on any atom is -0.393 e. The van der Waals surface area contributed by atoms with Crippen molar-refractivity contribution in [2.75, 3.05) is 7.11 Å². The van der Waals surface area contributed by atoms with Gasteiger partial charge in [-0.25, -0.2) is 0 Å². The van der Waals surface area contributed by atoms with Crippen LogP contribution in [-0.4, -0.2) is 18.3 Å². The number of hydrogen-bond acceptors (Lipinski definition) is 2.